The highest BCUT2D eigenvalue weighted by molar-refractivity contribution is 6.35. The summed E-state index contributed by atoms with van der Waals surface area (Å²) in [6.07, 6.45) is 6.05. The van der Waals surface area contributed by atoms with Crippen LogP contribution in [0.5, 0.6) is 0 Å². The summed E-state index contributed by atoms with van der Waals surface area (Å²) in [7, 11) is 0. The number of aromatic amines is 1. The Bertz CT molecular complexity index is 673. The predicted molar refractivity (Wildman–Crippen MR) is 90.4 cm³/mol. The standard InChI is InChI=1S/C18H21N3O/c1-2-3-10-19-13-21-17-9-5-4-8-15(17)16(18(21)22)12-14-7-6-11-20-14/h4-9,11-12,19-20H,2-3,10,13H2,1H3. The minimum atomic E-state index is 0.0554. The first-order valence-corrected chi connectivity index (χ1v) is 7.78. The van der Waals surface area contributed by atoms with Crippen molar-refractivity contribution in [1.29, 1.82) is 0 Å². The molecule has 2 N–H and O–H groups in total. The number of hydrogen-bond acceptors (Lipinski definition) is 2. The molecule has 22 heavy (non-hydrogen) atoms. The lowest BCUT2D eigenvalue weighted by atomic mass is 10.1. The number of aromatic nitrogens is 1. The number of rotatable bonds is 6. The van der Waals surface area contributed by atoms with Gasteiger partial charge in [-0.1, -0.05) is 31.5 Å². The van der Waals surface area contributed by atoms with Crippen LogP contribution in [0.25, 0.3) is 11.6 Å². The maximum Gasteiger partial charge on any atom is 0.260 e. The molecule has 1 amide bonds. The van der Waals surface area contributed by atoms with Gasteiger partial charge < -0.3 is 4.98 Å². The molecule has 1 aliphatic rings. The van der Waals surface area contributed by atoms with Crippen LogP contribution in [-0.2, 0) is 4.79 Å². The zero-order valence-corrected chi connectivity index (χ0v) is 12.8. The molecule has 2 heterocycles. The molecule has 2 aromatic rings. The van der Waals surface area contributed by atoms with Crippen LogP contribution in [-0.4, -0.2) is 24.1 Å². The number of benzene rings is 1. The van der Waals surface area contributed by atoms with Gasteiger partial charge in [0, 0.05) is 17.5 Å². The average Bonchev–Trinajstić information content (AvgIpc) is 3.13. The molecule has 0 fully saturated rings. The molecule has 0 aliphatic carbocycles. The third-order valence-electron chi connectivity index (χ3n) is 3.86. The topological polar surface area (TPSA) is 48.1 Å². The van der Waals surface area contributed by atoms with E-state index in [1.807, 2.05) is 53.6 Å². The number of anilines is 1. The molecular formula is C18H21N3O. The van der Waals surface area contributed by atoms with Crippen molar-refractivity contribution in [2.24, 2.45) is 0 Å². The Labute approximate surface area is 130 Å². The van der Waals surface area contributed by atoms with Gasteiger partial charge in [0.25, 0.3) is 5.91 Å². The van der Waals surface area contributed by atoms with Gasteiger partial charge in [0.2, 0.25) is 0 Å². The molecule has 4 nitrogen and oxygen atoms in total. The van der Waals surface area contributed by atoms with Gasteiger partial charge in [-0.2, -0.15) is 0 Å². The molecule has 1 aromatic heterocycles. The minimum Gasteiger partial charge on any atom is -0.362 e. The maximum atomic E-state index is 12.8. The van der Waals surface area contributed by atoms with Crippen LogP contribution in [0.3, 0.4) is 0 Å². The molecular weight excluding hydrogens is 274 g/mol. The first-order chi connectivity index (χ1) is 10.8. The van der Waals surface area contributed by atoms with Crippen molar-refractivity contribution >= 4 is 23.2 Å². The van der Waals surface area contributed by atoms with E-state index >= 15 is 0 Å². The van der Waals surface area contributed by atoms with Crippen molar-refractivity contribution in [1.82, 2.24) is 10.3 Å². The molecule has 3 rings (SSSR count). The fourth-order valence-electron chi connectivity index (χ4n) is 2.69. The first kappa shape index (κ1) is 14.6. The molecule has 4 heteroatoms. The van der Waals surface area contributed by atoms with Crippen LogP contribution in [0.15, 0.2) is 42.6 Å². The fourth-order valence-corrected chi connectivity index (χ4v) is 2.69. The average molecular weight is 295 g/mol. The number of H-pyrrole nitrogens is 1. The Morgan fingerprint density at radius 2 is 2.09 bits per heavy atom. The number of para-hydroxylation sites is 1. The molecule has 1 aliphatic heterocycles. The maximum absolute atomic E-state index is 12.8. The molecule has 0 saturated heterocycles. The summed E-state index contributed by atoms with van der Waals surface area (Å²) in [5, 5.41) is 3.35. The summed E-state index contributed by atoms with van der Waals surface area (Å²) < 4.78 is 0. The number of carbonyl (C=O) groups excluding carboxylic acids is 1. The van der Waals surface area contributed by atoms with Crippen molar-refractivity contribution < 1.29 is 4.79 Å². The van der Waals surface area contributed by atoms with Gasteiger partial charge in [0.1, 0.15) is 0 Å². The molecule has 0 bridgehead atoms. The van der Waals surface area contributed by atoms with Crippen LogP contribution in [0.1, 0.15) is 31.0 Å². The lowest BCUT2D eigenvalue weighted by Crippen LogP contribution is -2.36. The van der Waals surface area contributed by atoms with Crippen molar-refractivity contribution in [2.45, 2.75) is 19.8 Å². The van der Waals surface area contributed by atoms with Crippen molar-refractivity contribution in [3.8, 4) is 0 Å². The lowest BCUT2D eigenvalue weighted by Gasteiger charge is -2.17. The van der Waals surface area contributed by atoms with E-state index in [9.17, 15) is 4.79 Å². The highest BCUT2D eigenvalue weighted by Crippen LogP contribution is 2.36. The van der Waals surface area contributed by atoms with E-state index in [-0.39, 0.29) is 5.91 Å². The number of nitrogens with one attached hydrogen (secondary N) is 2. The van der Waals surface area contributed by atoms with E-state index in [0.29, 0.717) is 6.67 Å². The lowest BCUT2D eigenvalue weighted by molar-refractivity contribution is -0.113. The summed E-state index contributed by atoms with van der Waals surface area (Å²) in [4.78, 5) is 17.7. The van der Waals surface area contributed by atoms with E-state index in [1.54, 1.807) is 0 Å². The molecule has 0 spiro atoms. The van der Waals surface area contributed by atoms with Gasteiger partial charge in [0.15, 0.2) is 0 Å². The fraction of sp³-hybridized carbons (Fsp3) is 0.278. The van der Waals surface area contributed by atoms with E-state index in [2.05, 4.69) is 17.2 Å². The molecule has 114 valence electrons. The van der Waals surface area contributed by atoms with E-state index < -0.39 is 0 Å². The first-order valence-electron chi connectivity index (χ1n) is 7.78. The minimum absolute atomic E-state index is 0.0554. The van der Waals surface area contributed by atoms with Crippen LogP contribution in [0, 0.1) is 0 Å². The zero-order valence-electron chi connectivity index (χ0n) is 12.8. The molecule has 0 atom stereocenters. The van der Waals surface area contributed by atoms with Gasteiger partial charge in [-0.05, 0) is 37.2 Å². The van der Waals surface area contributed by atoms with Gasteiger partial charge in [0.05, 0.1) is 17.9 Å². The molecule has 1 aromatic carbocycles. The third kappa shape index (κ3) is 2.83. The number of fused-ring (bicyclic) bond motifs is 1. The number of carbonyl (C=O) groups is 1. The van der Waals surface area contributed by atoms with E-state index in [0.717, 1.165) is 41.9 Å². The Morgan fingerprint density at radius 3 is 2.86 bits per heavy atom. The Balaban J connectivity index is 1.86. The highest BCUT2D eigenvalue weighted by atomic mass is 16.2. The van der Waals surface area contributed by atoms with Gasteiger partial charge in [-0.3, -0.25) is 15.0 Å². The van der Waals surface area contributed by atoms with Crippen LogP contribution in [0.2, 0.25) is 0 Å². The number of unbranched alkanes of at least 4 members (excludes halogenated alkanes) is 1. The van der Waals surface area contributed by atoms with Gasteiger partial charge >= 0.3 is 0 Å². The van der Waals surface area contributed by atoms with Crippen molar-refractivity contribution in [2.75, 3.05) is 18.1 Å². The normalized spacial score (nSPS) is 15.6. The number of hydrogen-bond donors (Lipinski definition) is 2. The Morgan fingerprint density at radius 1 is 1.23 bits per heavy atom. The second kappa shape index (κ2) is 6.62. The molecule has 0 saturated carbocycles. The highest BCUT2D eigenvalue weighted by Gasteiger charge is 2.31. The monoisotopic (exact) mass is 295 g/mol. The predicted octanol–water partition coefficient (Wildman–Crippen LogP) is 3.25. The van der Waals surface area contributed by atoms with Gasteiger partial charge in [-0.15, -0.1) is 0 Å². The number of nitrogens with zero attached hydrogens (tertiary/aromatic N) is 1. The SMILES string of the molecule is CCCCNCN1C(=O)C(=Cc2ccc[nH]2)c2ccccc21. The largest absolute Gasteiger partial charge is 0.362 e. The van der Waals surface area contributed by atoms with E-state index in [4.69, 9.17) is 0 Å². The zero-order chi connectivity index (χ0) is 15.4. The summed E-state index contributed by atoms with van der Waals surface area (Å²) >= 11 is 0. The number of amides is 1. The Kier molecular flexibility index (Phi) is 4.39. The van der Waals surface area contributed by atoms with E-state index in [1.165, 1.54) is 0 Å². The summed E-state index contributed by atoms with van der Waals surface area (Å²) in [6, 6.07) is 11.9. The van der Waals surface area contributed by atoms with Crippen LogP contribution in [0.4, 0.5) is 5.69 Å². The molecule has 0 radical (unpaired) electrons. The van der Waals surface area contributed by atoms with Crippen molar-refractivity contribution in [3.63, 3.8) is 0 Å². The van der Waals surface area contributed by atoms with Crippen LogP contribution >= 0.6 is 0 Å². The molecule has 0 unspecified atom stereocenters. The Hall–Kier alpha value is -2.33. The van der Waals surface area contributed by atoms with Crippen LogP contribution < -0.4 is 10.2 Å². The second-order valence-electron chi connectivity index (χ2n) is 5.45. The smallest absolute Gasteiger partial charge is 0.260 e. The summed E-state index contributed by atoms with van der Waals surface area (Å²) in [5.41, 5.74) is 3.67. The summed E-state index contributed by atoms with van der Waals surface area (Å²) in [5.74, 6) is 0.0554. The second-order valence-corrected chi connectivity index (χ2v) is 5.45. The summed E-state index contributed by atoms with van der Waals surface area (Å²) in [6.45, 7) is 3.64. The van der Waals surface area contributed by atoms with Crippen molar-refractivity contribution in [3.05, 3.63) is 53.9 Å². The van der Waals surface area contributed by atoms with Gasteiger partial charge in [-0.25, -0.2) is 0 Å². The third-order valence-corrected chi connectivity index (χ3v) is 3.86. The quantitative estimate of drug-likeness (QED) is 0.635.